The molecule has 20 heteroatoms. The van der Waals surface area contributed by atoms with Crippen molar-refractivity contribution in [2.75, 3.05) is 26.4 Å². The van der Waals surface area contributed by atoms with Gasteiger partial charge >= 0.3 is 17.9 Å². The number of benzene rings is 1. The van der Waals surface area contributed by atoms with Gasteiger partial charge in [0.05, 0.1) is 50.1 Å². The number of rotatable bonds is 11. The number of phenolic OH excluding ortho intramolecular Hbond substituents is 1. The Hall–Kier alpha value is -4.71. The first-order chi connectivity index (χ1) is 29.3. The van der Waals surface area contributed by atoms with Gasteiger partial charge in [-0.2, -0.15) is 0 Å². The van der Waals surface area contributed by atoms with E-state index in [1.165, 1.54) is 30.4 Å². The molecule has 0 unspecified atom stereocenters. The van der Waals surface area contributed by atoms with E-state index < -0.39 is 129 Å². The highest BCUT2D eigenvalue weighted by Gasteiger charge is 2.51. The zero-order valence-corrected chi connectivity index (χ0v) is 32.6. The van der Waals surface area contributed by atoms with Gasteiger partial charge in [-0.25, -0.2) is 14.4 Å². The minimum atomic E-state index is -1.83. The fraction of sp³-hybridized carbons (Fsp3) is 0.537. The molecule has 3 fully saturated rings. The molecule has 0 amide bonds. The number of carbonyl (C=O) groups excluding carboxylic acids is 3. The summed E-state index contributed by atoms with van der Waals surface area (Å²) < 4.78 is 51.1. The molecule has 8 N–H and O–H groups in total. The van der Waals surface area contributed by atoms with Crippen molar-refractivity contribution in [2.45, 2.75) is 86.8 Å². The van der Waals surface area contributed by atoms with Crippen molar-refractivity contribution in [3.63, 3.8) is 0 Å². The fourth-order valence-electron chi connectivity index (χ4n) is 7.72. The summed E-state index contributed by atoms with van der Waals surface area (Å²) in [5, 5.41) is 82.1. The fourth-order valence-corrected chi connectivity index (χ4v) is 7.72. The summed E-state index contributed by atoms with van der Waals surface area (Å²) in [6.45, 7) is 5.75. The summed E-state index contributed by atoms with van der Waals surface area (Å²) in [6, 6.07) is 5.92. The Morgan fingerprint density at radius 2 is 1.18 bits per heavy atom. The van der Waals surface area contributed by atoms with Crippen LogP contribution in [0.1, 0.15) is 18.4 Å². The van der Waals surface area contributed by atoms with Gasteiger partial charge in [-0.15, -0.1) is 13.2 Å². The van der Waals surface area contributed by atoms with E-state index in [1.807, 2.05) is 0 Å². The average molecular weight is 863 g/mol. The molecule has 1 aromatic carbocycles. The summed E-state index contributed by atoms with van der Waals surface area (Å²) in [4.78, 5) is 39.8. The van der Waals surface area contributed by atoms with Crippen LogP contribution in [-0.2, 0) is 57.0 Å². The highest BCUT2D eigenvalue weighted by Crippen LogP contribution is 2.40. The van der Waals surface area contributed by atoms with Gasteiger partial charge in [-0.3, -0.25) is 0 Å². The molecule has 0 saturated carbocycles. The monoisotopic (exact) mass is 862 g/mol. The van der Waals surface area contributed by atoms with Gasteiger partial charge in [0, 0.05) is 29.7 Å². The standard InChI is InChI=1S/C41H50O20/c1-3-21-23-11-13-53-37(52)26-18-56-39(61-41-34(50)32(48)35(28(16-43)58-41)59-29(45)10-7-19-5-8-20(44)9-6-19)22(4-2)24(26)12-14-54-36(51)25(23)17-55-38(21)60-40-33(49)31(47)30(46)27(15-42)57-40/h3-10,17-18,21-24,27-28,30-35,38-44,46-50H,1-2,11-16H2/b10-7-/t21-,22-,23+,24+,27-,28-,30-,31+,32-,33-,34-,35-,38+,39+,40+,41+/m1/s1. The van der Waals surface area contributed by atoms with Crippen molar-refractivity contribution in [1.82, 2.24) is 0 Å². The van der Waals surface area contributed by atoms with Crippen molar-refractivity contribution in [3.05, 3.63) is 84.9 Å². The Kier molecular flexibility index (Phi) is 15.3. The molecule has 5 aliphatic rings. The summed E-state index contributed by atoms with van der Waals surface area (Å²) >= 11 is 0. The number of cyclic esters (lactones) is 2. The van der Waals surface area contributed by atoms with Gasteiger partial charge in [-0.05, 0) is 36.6 Å². The minimum Gasteiger partial charge on any atom is -0.508 e. The Morgan fingerprint density at radius 1 is 0.689 bits per heavy atom. The molecule has 0 spiro atoms. The SMILES string of the molecule is C=C[C@H]1[C@H](O[C@@H]2O[C@H](CO)[C@@H](O)[C@H](O)[C@H]2O)OC=C2C(=O)OCC[C@@H]3C(=CO[C@@H](O[C@@H]4O[C@H](CO)[C@@H](OC(=O)/C=C\c5ccc(O)cc5)[C@H](O)[C@H]4O)[C@@H]3C=C)C(=O)OCC[C@H]21. The first-order valence-corrected chi connectivity index (χ1v) is 19.5. The van der Waals surface area contributed by atoms with Crippen LogP contribution in [0.25, 0.3) is 6.08 Å². The molecule has 20 nitrogen and oxygen atoms in total. The molecule has 1 aromatic rings. The van der Waals surface area contributed by atoms with Crippen LogP contribution in [0.3, 0.4) is 0 Å². The summed E-state index contributed by atoms with van der Waals surface area (Å²) in [7, 11) is 0. The third kappa shape index (κ3) is 10.2. The maximum atomic E-state index is 13.6. The van der Waals surface area contributed by atoms with E-state index in [2.05, 4.69) is 13.2 Å². The number of carbonyl (C=O) groups is 3. The van der Waals surface area contributed by atoms with E-state index in [9.17, 15) is 55.2 Å². The highest BCUT2D eigenvalue weighted by atomic mass is 16.8. The quantitative estimate of drug-likeness (QED) is 0.0560. The Labute approximate surface area is 349 Å². The Balaban J connectivity index is 1.11. The van der Waals surface area contributed by atoms with Gasteiger partial charge < -0.3 is 83.5 Å². The van der Waals surface area contributed by atoms with Crippen LogP contribution >= 0.6 is 0 Å². The lowest BCUT2D eigenvalue weighted by Crippen LogP contribution is -2.61. The Morgan fingerprint density at radius 3 is 1.67 bits per heavy atom. The number of aliphatic hydroxyl groups is 7. The summed E-state index contributed by atoms with van der Waals surface area (Å²) in [5.41, 5.74) is 0.651. The Bertz CT molecular complexity index is 1810. The molecule has 3 saturated heterocycles. The van der Waals surface area contributed by atoms with Crippen molar-refractivity contribution in [2.24, 2.45) is 23.7 Å². The molecule has 0 bridgehead atoms. The highest BCUT2D eigenvalue weighted by molar-refractivity contribution is 5.90. The van der Waals surface area contributed by atoms with Crippen molar-refractivity contribution >= 4 is 24.0 Å². The van der Waals surface area contributed by atoms with Crippen molar-refractivity contribution in [3.8, 4) is 5.75 Å². The lowest BCUT2D eigenvalue weighted by molar-refractivity contribution is -0.340. The molecule has 6 rings (SSSR count). The molecule has 16 atom stereocenters. The van der Waals surface area contributed by atoms with Crippen molar-refractivity contribution < 1.29 is 97.9 Å². The number of fused-ring (bicyclic) bond motifs is 2. The second-order valence-electron chi connectivity index (χ2n) is 14.8. The number of ether oxygens (including phenoxy) is 9. The van der Waals surface area contributed by atoms with Gasteiger partial charge in [0.25, 0.3) is 0 Å². The second-order valence-corrected chi connectivity index (χ2v) is 14.8. The number of aliphatic hydroxyl groups excluding tert-OH is 7. The van der Waals surface area contributed by atoms with Crippen molar-refractivity contribution in [1.29, 1.82) is 0 Å². The van der Waals surface area contributed by atoms with E-state index >= 15 is 0 Å². The molecule has 334 valence electrons. The van der Waals surface area contributed by atoms with E-state index in [1.54, 1.807) is 12.1 Å². The molecular weight excluding hydrogens is 812 g/mol. The van der Waals surface area contributed by atoms with Gasteiger partial charge in [-0.1, -0.05) is 24.3 Å². The lowest BCUT2D eigenvalue weighted by atomic mass is 9.81. The van der Waals surface area contributed by atoms with Crippen LogP contribution < -0.4 is 0 Å². The number of aromatic hydroxyl groups is 1. The van der Waals surface area contributed by atoms with Crippen LogP contribution in [-0.4, -0.2) is 159 Å². The molecule has 61 heavy (non-hydrogen) atoms. The van der Waals surface area contributed by atoms with Crippen LogP contribution in [0.15, 0.2) is 79.3 Å². The maximum absolute atomic E-state index is 13.6. The maximum Gasteiger partial charge on any atom is 0.337 e. The van der Waals surface area contributed by atoms with E-state index in [-0.39, 0.29) is 43.0 Å². The zero-order valence-electron chi connectivity index (χ0n) is 32.6. The number of esters is 3. The van der Waals surface area contributed by atoms with Crippen LogP contribution in [0.4, 0.5) is 0 Å². The van der Waals surface area contributed by atoms with Gasteiger partial charge in [0.2, 0.25) is 12.6 Å². The molecule has 0 aliphatic carbocycles. The topological polar surface area (TPSA) is 296 Å². The predicted octanol–water partition coefficient (Wildman–Crippen LogP) is -1.21. The minimum absolute atomic E-state index is 0.00473. The first-order valence-electron chi connectivity index (χ1n) is 19.5. The van der Waals surface area contributed by atoms with E-state index in [0.717, 1.165) is 18.6 Å². The number of hydrogen-bond donors (Lipinski definition) is 8. The third-order valence-corrected chi connectivity index (χ3v) is 11.1. The normalized spacial score (nSPS) is 38.3. The lowest BCUT2D eigenvalue weighted by Gasteiger charge is -2.44. The van der Waals surface area contributed by atoms with E-state index in [4.69, 9.17) is 42.6 Å². The van der Waals surface area contributed by atoms with Crippen LogP contribution in [0, 0.1) is 23.7 Å². The third-order valence-electron chi connectivity index (χ3n) is 11.1. The molecule has 5 heterocycles. The molecule has 0 aromatic heterocycles. The van der Waals surface area contributed by atoms with Crippen LogP contribution in [0.2, 0.25) is 0 Å². The smallest absolute Gasteiger partial charge is 0.337 e. The predicted molar refractivity (Wildman–Crippen MR) is 202 cm³/mol. The summed E-state index contributed by atoms with van der Waals surface area (Å²) in [6.07, 6.45) is -11.1. The molecule has 5 aliphatic heterocycles. The van der Waals surface area contributed by atoms with E-state index in [0.29, 0.717) is 5.56 Å². The molecular formula is C41H50O20. The summed E-state index contributed by atoms with van der Waals surface area (Å²) in [5.74, 6) is -5.71. The number of phenols is 1. The zero-order chi connectivity index (χ0) is 44.0. The average Bonchev–Trinajstić information content (AvgIpc) is 3.25. The first kappa shape index (κ1) is 45.8. The molecule has 0 radical (unpaired) electrons. The second kappa shape index (κ2) is 20.4. The number of hydrogen-bond acceptors (Lipinski definition) is 20. The van der Waals surface area contributed by atoms with Crippen LogP contribution in [0.5, 0.6) is 5.75 Å². The largest absolute Gasteiger partial charge is 0.508 e. The van der Waals surface area contributed by atoms with Gasteiger partial charge in [0.1, 0.15) is 48.5 Å². The van der Waals surface area contributed by atoms with Gasteiger partial charge in [0.15, 0.2) is 18.7 Å².